The van der Waals surface area contributed by atoms with Crippen LogP contribution in [-0.2, 0) is 0 Å². The van der Waals surface area contributed by atoms with Gasteiger partial charge in [0, 0.05) is 17.1 Å². The Hall–Kier alpha value is -3.06. The topological polar surface area (TPSA) is 44.2 Å². The molecule has 3 rings (SSSR count). The fourth-order valence-electron chi connectivity index (χ4n) is 2.25. The molecule has 23 heavy (non-hydrogen) atoms. The quantitative estimate of drug-likeness (QED) is 0.681. The third kappa shape index (κ3) is 3.24. The Morgan fingerprint density at radius 1 is 0.957 bits per heavy atom. The zero-order valence-corrected chi connectivity index (χ0v) is 13.3. The van der Waals surface area contributed by atoms with E-state index in [-0.39, 0.29) is 0 Å². The number of nitrogens with zero attached hydrogens (tertiary/aromatic N) is 2. The van der Waals surface area contributed by atoms with Crippen LogP contribution in [-0.4, -0.2) is 24.2 Å². The van der Waals surface area contributed by atoms with Crippen molar-refractivity contribution >= 4 is 10.9 Å². The molecule has 0 unspecified atom stereocenters. The number of fused-ring (bicyclic) bond motifs is 1. The van der Waals surface area contributed by atoms with Gasteiger partial charge in [-0.05, 0) is 43.3 Å². The largest absolute Gasteiger partial charge is 0.497 e. The highest BCUT2D eigenvalue weighted by Gasteiger charge is 2.02. The minimum absolute atomic E-state index is 0.720. The molecule has 0 atom stereocenters. The Balaban J connectivity index is 1.99. The molecule has 0 spiro atoms. The van der Waals surface area contributed by atoms with Crippen molar-refractivity contribution in [3.8, 4) is 23.3 Å². The fourth-order valence-corrected chi connectivity index (χ4v) is 2.25. The van der Waals surface area contributed by atoms with Gasteiger partial charge in [0.25, 0.3) is 0 Å². The van der Waals surface area contributed by atoms with Crippen molar-refractivity contribution in [2.45, 2.75) is 6.92 Å². The molecule has 4 heteroatoms. The number of hydrogen-bond donors (Lipinski definition) is 0. The molecule has 0 aliphatic heterocycles. The van der Waals surface area contributed by atoms with E-state index in [9.17, 15) is 0 Å². The SMILES string of the molecule is COc1ccc(OC)c(C#Cc2ccc3nc(C)ncc3c2)c1. The van der Waals surface area contributed by atoms with E-state index in [1.54, 1.807) is 14.2 Å². The van der Waals surface area contributed by atoms with Gasteiger partial charge in [0.05, 0.1) is 25.3 Å². The van der Waals surface area contributed by atoms with Crippen molar-refractivity contribution in [2.75, 3.05) is 14.2 Å². The average molecular weight is 304 g/mol. The summed E-state index contributed by atoms with van der Waals surface area (Å²) in [6.07, 6.45) is 1.81. The highest BCUT2D eigenvalue weighted by Crippen LogP contribution is 2.23. The van der Waals surface area contributed by atoms with Crippen LogP contribution in [0.25, 0.3) is 10.9 Å². The van der Waals surface area contributed by atoms with Crippen LogP contribution in [0.4, 0.5) is 0 Å². The van der Waals surface area contributed by atoms with Gasteiger partial charge in [0.15, 0.2) is 0 Å². The van der Waals surface area contributed by atoms with Gasteiger partial charge in [-0.3, -0.25) is 0 Å². The Labute approximate surface area is 135 Å². The second-order valence-corrected chi connectivity index (χ2v) is 5.01. The maximum atomic E-state index is 5.34. The van der Waals surface area contributed by atoms with E-state index in [0.717, 1.165) is 39.4 Å². The summed E-state index contributed by atoms with van der Waals surface area (Å²) in [5.41, 5.74) is 2.60. The van der Waals surface area contributed by atoms with E-state index in [2.05, 4.69) is 21.8 Å². The summed E-state index contributed by atoms with van der Waals surface area (Å²) in [4.78, 5) is 8.61. The van der Waals surface area contributed by atoms with Crippen LogP contribution in [0, 0.1) is 18.8 Å². The number of benzene rings is 2. The lowest BCUT2D eigenvalue weighted by Crippen LogP contribution is -1.90. The van der Waals surface area contributed by atoms with Crippen LogP contribution < -0.4 is 9.47 Å². The normalized spacial score (nSPS) is 10.0. The predicted octanol–water partition coefficient (Wildman–Crippen LogP) is 3.36. The smallest absolute Gasteiger partial charge is 0.134 e. The Kier molecular flexibility index (Phi) is 4.11. The minimum atomic E-state index is 0.720. The summed E-state index contributed by atoms with van der Waals surface area (Å²) in [6.45, 7) is 1.88. The van der Waals surface area contributed by atoms with Crippen LogP contribution in [0.2, 0.25) is 0 Å². The molecule has 0 N–H and O–H groups in total. The number of methoxy groups -OCH3 is 2. The molecule has 0 amide bonds. The molecule has 0 bridgehead atoms. The van der Waals surface area contributed by atoms with Crippen molar-refractivity contribution < 1.29 is 9.47 Å². The van der Waals surface area contributed by atoms with Gasteiger partial charge >= 0.3 is 0 Å². The minimum Gasteiger partial charge on any atom is -0.497 e. The van der Waals surface area contributed by atoms with Crippen molar-refractivity contribution in [3.05, 3.63) is 59.5 Å². The first-order chi connectivity index (χ1) is 11.2. The van der Waals surface area contributed by atoms with Gasteiger partial charge in [-0.15, -0.1) is 0 Å². The number of aryl methyl sites for hydroxylation is 1. The predicted molar refractivity (Wildman–Crippen MR) is 89.8 cm³/mol. The first-order valence-electron chi connectivity index (χ1n) is 7.17. The summed E-state index contributed by atoms with van der Waals surface area (Å²) in [5.74, 6) is 8.52. The highest BCUT2D eigenvalue weighted by molar-refractivity contribution is 5.79. The van der Waals surface area contributed by atoms with Crippen LogP contribution in [0.1, 0.15) is 17.0 Å². The summed E-state index contributed by atoms with van der Waals surface area (Å²) in [5, 5.41) is 0.972. The third-order valence-electron chi connectivity index (χ3n) is 3.45. The summed E-state index contributed by atoms with van der Waals surface area (Å²) < 4.78 is 10.6. The molecule has 4 nitrogen and oxygen atoms in total. The molecule has 0 saturated carbocycles. The van der Waals surface area contributed by atoms with Gasteiger partial charge in [-0.25, -0.2) is 9.97 Å². The zero-order chi connectivity index (χ0) is 16.2. The lowest BCUT2D eigenvalue weighted by Gasteiger charge is -2.05. The maximum Gasteiger partial charge on any atom is 0.134 e. The average Bonchev–Trinajstić information content (AvgIpc) is 2.59. The summed E-state index contributed by atoms with van der Waals surface area (Å²) in [6, 6.07) is 11.4. The van der Waals surface area contributed by atoms with Crippen molar-refractivity contribution in [1.82, 2.24) is 9.97 Å². The molecule has 0 fully saturated rings. The number of ether oxygens (including phenoxy) is 2. The molecule has 0 aliphatic rings. The summed E-state index contributed by atoms with van der Waals surface area (Å²) in [7, 11) is 3.26. The van der Waals surface area contributed by atoms with Crippen LogP contribution in [0.3, 0.4) is 0 Å². The molecule has 0 saturated heterocycles. The Morgan fingerprint density at radius 3 is 2.61 bits per heavy atom. The van der Waals surface area contributed by atoms with Gasteiger partial charge in [0.2, 0.25) is 0 Å². The van der Waals surface area contributed by atoms with E-state index in [0.29, 0.717) is 0 Å². The van der Waals surface area contributed by atoms with Crippen molar-refractivity contribution in [3.63, 3.8) is 0 Å². The molecule has 2 aromatic carbocycles. The zero-order valence-electron chi connectivity index (χ0n) is 13.3. The number of aromatic nitrogens is 2. The molecular weight excluding hydrogens is 288 g/mol. The molecule has 114 valence electrons. The summed E-state index contributed by atoms with van der Waals surface area (Å²) >= 11 is 0. The van der Waals surface area contributed by atoms with Gasteiger partial charge in [-0.1, -0.05) is 11.8 Å². The lowest BCUT2D eigenvalue weighted by atomic mass is 10.1. The number of rotatable bonds is 2. The van der Waals surface area contributed by atoms with E-state index < -0.39 is 0 Å². The second-order valence-electron chi connectivity index (χ2n) is 5.01. The Morgan fingerprint density at radius 2 is 1.83 bits per heavy atom. The van der Waals surface area contributed by atoms with E-state index in [4.69, 9.17) is 9.47 Å². The third-order valence-corrected chi connectivity index (χ3v) is 3.45. The second kappa shape index (κ2) is 6.37. The van der Waals surface area contributed by atoms with Crippen LogP contribution in [0.15, 0.2) is 42.6 Å². The van der Waals surface area contributed by atoms with Gasteiger partial charge < -0.3 is 9.47 Å². The standard InChI is InChI=1S/C19H16N2O2/c1-13-20-12-16-10-14(5-8-18(16)21-13)4-6-15-11-17(22-2)7-9-19(15)23-3/h5,7-12H,1-3H3. The molecular formula is C19H16N2O2. The van der Waals surface area contributed by atoms with E-state index >= 15 is 0 Å². The lowest BCUT2D eigenvalue weighted by molar-refractivity contribution is 0.402. The Bertz CT molecular complexity index is 924. The van der Waals surface area contributed by atoms with E-state index in [1.807, 2.05) is 49.5 Å². The first kappa shape index (κ1) is 14.9. The molecule has 1 heterocycles. The van der Waals surface area contributed by atoms with Gasteiger partial charge in [0.1, 0.15) is 17.3 Å². The molecule has 0 radical (unpaired) electrons. The van der Waals surface area contributed by atoms with Crippen molar-refractivity contribution in [2.24, 2.45) is 0 Å². The number of hydrogen-bond acceptors (Lipinski definition) is 4. The maximum absolute atomic E-state index is 5.34. The fraction of sp³-hybridized carbons (Fsp3) is 0.158. The molecule has 1 aromatic heterocycles. The first-order valence-corrected chi connectivity index (χ1v) is 7.17. The monoisotopic (exact) mass is 304 g/mol. The van der Waals surface area contributed by atoms with Crippen LogP contribution in [0.5, 0.6) is 11.5 Å². The van der Waals surface area contributed by atoms with Crippen LogP contribution >= 0.6 is 0 Å². The van der Waals surface area contributed by atoms with E-state index in [1.165, 1.54) is 0 Å². The van der Waals surface area contributed by atoms with Gasteiger partial charge in [-0.2, -0.15) is 0 Å². The molecule has 3 aromatic rings. The molecule has 0 aliphatic carbocycles. The highest BCUT2D eigenvalue weighted by atomic mass is 16.5. The van der Waals surface area contributed by atoms with Crippen molar-refractivity contribution in [1.29, 1.82) is 0 Å².